The van der Waals surface area contributed by atoms with Crippen molar-refractivity contribution in [3.63, 3.8) is 0 Å². The molecule has 0 aliphatic heterocycles. The average molecular weight is 414 g/mol. The molecule has 1 aromatic heterocycles. The minimum absolute atomic E-state index is 0.918. The maximum Gasteiger partial charge on any atom is 0.187 e. The Morgan fingerprint density at radius 3 is 2.23 bits per heavy atom. The zero-order valence-electron chi connectivity index (χ0n) is 17.3. The van der Waals surface area contributed by atoms with Gasteiger partial charge in [0.1, 0.15) is 0 Å². The third-order valence-electron chi connectivity index (χ3n) is 5.19. The largest absolute Gasteiger partial charge is 0.332 e. The molecule has 1 N–H and O–H groups in total. The van der Waals surface area contributed by atoms with Crippen molar-refractivity contribution in [3.8, 4) is 11.3 Å². The molecule has 0 bridgehead atoms. The number of hydrogen-bond acceptors (Lipinski definition) is 4. The lowest BCUT2D eigenvalue weighted by Crippen LogP contribution is -2.25. The molecular weight excluding hydrogens is 386 g/mol. The summed E-state index contributed by atoms with van der Waals surface area (Å²) in [5.41, 5.74) is 5.96. The number of thiazole rings is 1. The first-order valence-electron chi connectivity index (χ1n) is 10.4. The summed E-state index contributed by atoms with van der Waals surface area (Å²) in [7, 11) is 0. The number of aromatic nitrogens is 1. The number of likely N-dealkylation sites (N-methyl/N-ethyl adjacent to an activating group) is 1. The van der Waals surface area contributed by atoms with Crippen LogP contribution in [0.15, 0.2) is 90.3 Å². The van der Waals surface area contributed by atoms with Gasteiger partial charge in [-0.25, -0.2) is 4.98 Å². The minimum atomic E-state index is 0.918. The summed E-state index contributed by atoms with van der Waals surface area (Å²) in [6.45, 7) is 5.35. The lowest BCUT2D eigenvalue weighted by molar-refractivity contribution is 0.283. The summed E-state index contributed by atoms with van der Waals surface area (Å²) in [6.07, 6.45) is 1.05. The molecule has 4 rings (SSSR count). The highest BCUT2D eigenvalue weighted by Gasteiger charge is 2.06. The van der Waals surface area contributed by atoms with Gasteiger partial charge in [0.05, 0.1) is 5.69 Å². The maximum absolute atomic E-state index is 4.71. The van der Waals surface area contributed by atoms with Crippen molar-refractivity contribution < 1.29 is 0 Å². The van der Waals surface area contributed by atoms with E-state index in [1.54, 1.807) is 11.3 Å². The van der Waals surface area contributed by atoms with E-state index in [4.69, 9.17) is 4.98 Å². The van der Waals surface area contributed by atoms with E-state index >= 15 is 0 Å². The molecule has 0 aliphatic rings. The fourth-order valence-corrected chi connectivity index (χ4v) is 4.17. The van der Waals surface area contributed by atoms with E-state index in [1.165, 1.54) is 11.1 Å². The van der Waals surface area contributed by atoms with Crippen molar-refractivity contribution >= 4 is 22.2 Å². The number of nitrogens with one attached hydrogen (secondary N) is 1. The van der Waals surface area contributed by atoms with Crippen LogP contribution in [-0.4, -0.2) is 23.0 Å². The van der Waals surface area contributed by atoms with Crippen LogP contribution in [0.3, 0.4) is 0 Å². The molecule has 0 radical (unpaired) electrons. The molecule has 152 valence electrons. The third-order valence-corrected chi connectivity index (χ3v) is 5.95. The normalized spacial score (nSPS) is 11.0. The second-order valence-corrected chi connectivity index (χ2v) is 8.19. The molecule has 0 atom stereocenters. The van der Waals surface area contributed by atoms with Crippen molar-refractivity contribution in [3.05, 3.63) is 101 Å². The maximum atomic E-state index is 4.71. The van der Waals surface area contributed by atoms with Gasteiger partial charge in [0.25, 0.3) is 0 Å². The molecule has 0 amide bonds. The molecule has 1 heterocycles. The van der Waals surface area contributed by atoms with Gasteiger partial charge in [-0.1, -0.05) is 79.7 Å². The highest BCUT2D eigenvalue weighted by atomic mass is 32.1. The molecule has 0 saturated heterocycles. The third kappa shape index (κ3) is 5.56. The molecule has 0 spiro atoms. The van der Waals surface area contributed by atoms with E-state index in [9.17, 15) is 0 Å². The second kappa shape index (κ2) is 10.2. The molecule has 0 aliphatic carbocycles. The molecular formula is C26H27N3S. The van der Waals surface area contributed by atoms with E-state index in [-0.39, 0.29) is 0 Å². The van der Waals surface area contributed by atoms with E-state index < -0.39 is 0 Å². The van der Waals surface area contributed by atoms with Crippen molar-refractivity contribution in [2.45, 2.75) is 19.9 Å². The minimum Gasteiger partial charge on any atom is -0.332 e. The summed E-state index contributed by atoms with van der Waals surface area (Å²) in [4.78, 5) is 7.20. The molecule has 0 fully saturated rings. The highest BCUT2D eigenvalue weighted by molar-refractivity contribution is 7.14. The Bertz CT molecular complexity index is 1030. The monoisotopic (exact) mass is 413 g/mol. The smallest absolute Gasteiger partial charge is 0.187 e. The summed E-state index contributed by atoms with van der Waals surface area (Å²) in [6, 6.07) is 29.7. The van der Waals surface area contributed by atoms with Crippen LogP contribution >= 0.6 is 11.3 Å². The summed E-state index contributed by atoms with van der Waals surface area (Å²) >= 11 is 1.63. The lowest BCUT2D eigenvalue weighted by atomic mass is 10.1. The Labute approximate surface area is 183 Å². The van der Waals surface area contributed by atoms with Crippen molar-refractivity contribution in [2.24, 2.45) is 0 Å². The molecule has 4 heteroatoms. The van der Waals surface area contributed by atoms with Crippen LogP contribution in [0.4, 0.5) is 10.8 Å². The van der Waals surface area contributed by atoms with Crippen molar-refractivity contribution in [1.82, 2.24) is 9.88 Å². The Morgan fingerprint density at radius 2 is 1.53 bits per heavy atom. The first kappa shape index (κ1) is 20.3. The molecule has 30 heavy (non-hydrogen) atoms. The quantitative estimate of drug-likeness (QED) is 0.334. The number of nitrogens with zero attached hydrogens (tertiary/aromatic N) is 2. The van der Waals surface area contributed by atoms with Crippen LogP contribution in [0.5, 0.6) is 0 Å². The molecule has 3 nitrogen and oxygen atoms in total. The summed E-state index contributed by atoms with van der Waals surface area (Å²) in [5, 5.41) is 6.44. The number of benzene rings is 3. The van der Waals surface area contributed by atoms with Gasteiger partial charge in [-0.3, -0.25) is 4.90 Å². The zero-order chi connectivity index (χ0) is 20.6. The lowest BCUT2D eigenvalue weighted by Gasteiger charge is -2.20. The van der Waals surface area contributed by atoms with E-state index in [1.807, 2.05) is 18.2 Å². The summed E-state index contributed by atoms with van der Waals surface area (Å²) in [5.74, 6) is 0. The highest BCUT2D eigenvalue weighted by Crippen LogP contribution is 2.27. The second-order valence-electron chi connectivity index (χ2n) is 7.33. The number of anilines is 2. The molecule has 0 saturated carbocycles. The van der Waals surface area contributed by atoms with E-state index in [0.717, 1.165) is 48.1 Å². The Hall–Kier alpha value is -2.95. The number of hydrogen-bond donors (Lipinski definition) is 1. The van der Waals surface area contributed by atoms with Crippen LogP contribution in [0.2, 0.25) is 0 Å². The molecule has 0 unspecified atom stereocenters. The van der Waals surface area contributed by atoms with Gasteiger partial charge in [0, 0.05) is 29.7 Å². The van der Waals surface area contributed by atoms with Crippen molar-refractivity contribution in [2.75, 3.05) is 18.4 Å². The zero-order valence-corrected chi connectivity index (χ0v) is 18.1. The Balaban J connectivity index is 1.31. The molecule has 3 aromatic carbocycles. The van der Waals surface area contributed by atoms with Gasteiger partial charge in [-0.2, -0.15) is 0 Å². The first-order chi connectivity index (χ1) is 14.8. The van der Waals surface area contributed by atoms with Crippen LogP contribution in [0.25, 0.3) is 11.3 Å². The van der Waals surface area contributed by atoms with Gasteiger partial charge < -0.3 is 5.32 Å². The molecule has 4 aromatic rings. The predicted octanol–water partition coefficient (Wildman–Crippen LogP) is 6.62. The number of rotatable bonds is 9. The van der Waals surface area contributed by atoms with Gasteiger partial charge >= 0.3 is 0 Å². The van der Waals surface area contributed by atoms with E-state index in [0.29, 0.717) is 0 Å². The van der Waals surface area contributed by atoms with Crippen LogP contribution < -0.4 is 5.32 Å². The van der Waals surface area contributed by atoms with Crippen LogP contribution in [0.1, 0.15) is 18.1 Å². The average Bonchev–Trinajstić information content (AvgIpc) is 3.27. The van der Waals surface area contributed by atoms with Crippen molar-refractivity contribution in [1.29, 1.82) is 0 Å². The standard InChI is InChI=1S/C26H27N3S/c1-2-29(19-22-9-5-3-6-10-22)18-17-21-13-15-24(16-14-21)27-26-28-25(20-30-26)23-11-7-4-8-12-23/h3-16,20H,2,17-19H2,1H3,(H,27,28). The summed E-state index contributed by atoms with van der Waals surface area (Å²) < 4.78 is 0. The SMILES string of the molecule is CCN(CCc1ccc(Nc2nc(-c3ccccc3)cs2)cc1)Cc1ccccc1. The fraction of sp³-hybridized carbons (Fsp3) is 0.192. The van der Waals surface area contributed by atoms with Gasteiger partial charge in [-0.15, -0.1) is 11.3 Å². The van der Waals surface area contributed by atoms with E-state index in [2.05, 4.69) is 89.3 Å². The fourth-order valence-electron chi connectivity index (χ4n) is 3.43. The first-order valence-corrected chi connectivity index (χ1v) is 11.3. The Morgan fingerprint density at radius 1 is 0.833 bits per heavy atom. The Kier molecular flexibility index (Phi) is 6.91. The van der Waals surface area contributed by atoms with Gasteiger partial charge in [0.15, 0.2) is 5.13 Å². The van der Waals surface area contributed by atoms with Crippen LogP contribution in [-0.2, 0) is 13.0 Å². The van der Waals surface area contributed by atoms with Gasteiger partial charge in [-0.05, 0) is 36.2 Å². The van der Waals surface area contributed by atoms with Gasteiger partial charge in [0.2, 0.25) is 0 Å². The van der Waals surface area contributed by atoms with Crippen LogP contribution in [0, 0.1) is 0 Å². The predicted molar refractivity (Wildman–Crippen MR) is 128 cm³/mol. The topological polar surface area (TPSA) is 28.2 Å².